The predicted octanol–water partition coefficient (Wildman–Crippen LogP) is 1.65. The fourth-order valence-electron chi connectivity index (χ4n) is 2.10. The van der Waals surface area contributed by atoms with E-state index in [1.807, 2.05) is 0 Å². The summed E-state index contributed by atoms with van der Waals surface area (Å²) in [7, 11) is 0. The van der Waals surface area contributed by atoms with Crippen molar-refractivity contribution in [3.8, 4) is 0 Å². The molecule has 1 aromatic carbocycles. The molecule has 1 heterocycles. The first-order valence-electron chi connectivity index (χ1n) is 5.86. The van der Waals surface area contributed by atoms with Crippen LogP contribution in [-0.4, -0.2) is 30.6 Å². The van der Waals surface area contributed by atoms with Crippen molar-refractivity contribution in [3.63, 3.8) is 0 Å². The minimum atomic E-state index is 0.444. The molecular weight excluding hydrogens is 184 g/mol. The Morgan fingerprint density at radius 3 is 2.53 bits per heavy atom. The average Bonchev–Trinajstić information content (AvgIpc) is 2.23. The molecule has 15 heavy (non-hydrogen) atoms. The van der Waals surface area contributed by atoms with Gasteiger partial charge in [0.1, 0.15) is 0 Å². The molecule has 0 atom stereocenters. The summed E-state index contributed by atoms with van der Waals surface area (Å²) < 4.78 is 0. The fourth-order valence-corrected chi connectivity index (χ4v) is 2.10. The highest BCUT2D eigenvalue weighted by Crippen LogP contribution is 2.09. The highest BCUT2D eigenvalue weighted by Gasteiger charge is 2.21. The van der Waals surface area contributed by atoms with Gasteiger partial charge in [0.25, 0.3) is 0 Å². The molecule has 0 amide bonds. The van der Waals surface area contributed by atoms with Crippen LogP contribution in [0.3, 0.4) is 0 Å². The first-order valence-corrected chi connectivity index (χ1v) is 5.86. The molecule has 1 aliphatic heterocycles. The Bertz CT molecular complexity index is 278. The van der Waals surface area contributed by atoms with Crippen LogP contribution >= 0.6 is 0 Å². The van der Waals surface area contributed by atoms with E-state index in [1.54, 1.807) is 0 Å². The third kappa shape index (κ3) is 3.33. The molecule has 1 aromatic rings. The van der Waals surface area contributed by atoms with Gasteiger partial charge in [0.15, 0.2) is 0 Å². The van der Waals surface area contributed by atoms with Gasteiger partial charge in [-0.2, -0.15) is 0 Å². The molecule has 0 unspecified atom stereocenters. The number of likely N-dealkylation sites (tertiary alicyclic amines) is 1. The van der Waals surface area contributed by atoms with Crippen LogP contribution in [0, 0.1) is 0 Å². The lowest BCUT2D eigenvalue weighted by Crippen LogP contribution is -2.55. The quantitative estimate of drug-likeness (QED) is 0.739. The van der Waals surface area contributed by atoms with Gasteiger partial charge < -0.3 is 10.6 Å². The number of hydrogen-bond acceptors (Lipinski definition) is 2. The largest absolute Gasteiger partial charge is 0.325 e. The minimum absolute atomic E-state index is 0.444. The zero-order chi connectivity index (χ0) is 10.5. The Hall–Kier alpha value is -0.860. The van der Waals surface area contributed by atoms with E-state index >= 15 is 0 Å². The van der Waals surface area contributed by atoms with Gasteiger partial charge in [0.2, 0.25) is 0 Å². The lowest BCUT2D eigenvalue weighted by atomic mass is 10.1. The number of aryl methyl sites for hydroxylation is 1. The Kier molecular flexibility index (Phi) is 3.75. The summed E-state index contributed by atoms with van der Waals surface area (Å²) in [5.41, 5.74) is 7.18. The molecule has 2 heteroatoms. The summed E-state index contributed by atoms with van der Waals surface area (Å²) in [5, 5.41) is 0. The molecule has 82 valence electrons. The maximum absolute atomic E-state index is 5.72. The van der Waals surface area contributed by atoms with E-state index in [0.29, 0.717) is 6.04 Å². The number of rotatable bonds is 5. The van der Waals surface area contributed by atoms with Crippen LogP contribution < -0.4 is 5.73 Å². The molecule has 1 fully saturated rings. The van der Waals surface area contributed by atoms with E-state index in [4.69, 9.17) is 5.73 Å². The molecule has 1 aliphatic rings. The maximum atomic E-state index is 5.72. The van der Waals surface area contributed by atoms with Crippen molar-refractivity contribution in [2.75, 3.05) is 19.6 Å². The molecule has 2 nitrogen and oxygen atoms in total. The standard InChI is InChI=1S/C13H20N2/c14-13-10-15(11-13)9-5-4-8-12-6-2-1-3-7-12/h1-3,6-7,13H,4-5,8-11,14H2. The lowest BCUT2D eigenvalue weighted by molar-refractivity contribution is 0.148. The molecule has 0 saturated carbocycles. The zero-order valence-corrected chi connectivity index (χ0v) is 9.23. The maximum Gasteiger partial charge on any atom is 0.0297 e. The van der Waals surface area contributed by atoms with Gasteiger partial charge in [-0.05, 0) is 31.4 Å². The van der Waals surface area contributed by atoms with E-state index in [9.17, 15) is 0 Å². The average molecular weight is 204 g/mol. The van der Waals surface area contributed by atoms with Gasteiger partial charge in [0, 0.05) is 19.1 Å². The van der Waals surface area contributed by atoms with Crippen LogP contribution in [0.5, 0.6) is 0 Å². The van der Waals surface area contributed by atoms with Gasteiger partial charge in [-0.25, -0.2) is 0 Å². The minimum Gasteiger partial charge on any atom is -0.325 e. The topological polar surface area (TPSA) is 29.3 Å². The van der Waals surface area contributed by atoms with Crippen molar-refractivity contribution in [1.29, 1.82) is 0 Å². The molecule has 0 aromatic heterocycles. The van der Waals surface area contributed by atoms with E-state index in [-0.39, 0.29) is 0 Å². The van der Waals surface area contributed by atoms with E-state index in [0.717, 1.165) is 13.1 Å². The number of hydrogen-bond donors (Lipinski definition) is 1. The summed E-state index contributed by atoms with van der Waals surface area (Å²) in [6.07, 6.45) is 3.79. The second kappa shape index (κ2) is 5.29. The van der Waals surface area contributed by atoms with Gasteiger partial charge in [-0.1, -0.05) is 30.3 Å². The van der Waals surface area contributed by atoms with Gasteiger partial charge in [-0.3, -0.25) is 0 Å². The first kappa shape index (κ1) is 10.7. The van der Waals surface area contributed by atoms with Crippen LogP contribution in [0.1, 0.15) is 18.4 Å². The molecule has 1 saturated heterocycles. The number of unbranched alkanes of at least 4 members (excludes halogenated alkanes) is 1. The highest BCUT2D eigenvalue weighted by molar-refractivity contribution is 5.14. The zero-order valence-electron chi connectivity index (χ0n) is 9.23. The van der Waals surface area contributed by atoms with E-state index in [1.165, 1.54) is 31.4 Å². The molecule has 2 N–H and O–H groups in total. The molecule has 0 spiro atoms. The second-order valence-electron chi connectivity index (χ2n) is 4.46. The van der Waals surface area contributed by atoms with Crippen molar-refractivity contribution < 1.29 is 0 Å². The van der Waals surface area contributed by atoms with Crippen LogP contribution in [0.25, 0.3) is 0 Å². The molecule has 0 aliphatic carbocycles. The van der Waals surface area contributed by atoms with E-state index < -0.39 is 0 Å². The second-order valence-corrected chi connectivity index (χ2v) is 4.46. The third-order valence-corrected chi connectivity index (χ3v) is 3.02. The summed E-state index contributed by atoms with van der Waals surface area (Å²) in [6, 6.07) is 11.2. The Labute approximate surface area is 92.1 Å². The Balaban J connectivity index is 1.56. The first-order chi connectivity index (χ1) is 7.34. The van der Waals surface area contributed by atoms with Gasteiger partial charge in [0.05, 0.1) is 0 Å². The number of nitrogens with zero attached hydrogens (tertiary/aromatic N) is 1. The van der Waals surface area contributed by atoms with E-state index in [2.05, 4.69) is 35.2 Å². The van der Waals surface area contributed by atoms with Gasteiger partial charge in [-0.15, -0.1) is 0 Å². The Morgan fingerprint density at radius 2 is 1.87 bits per heavy atom. The van der Waals surface area contributed by atoms with Crippen molar-refractivity contribution >= 4 is 0 Å². The smallest absolute Gasteiger partial charge is 0.0297 e. The van der Waals surface area contributed by atoms with Crippen molar-refractivity contribution in [2.45, 2.75) is 25.3 Å². The highest BCUT2D eigenvalue weighted by atomic mass is 15.2. The van der Waals surface area contributed by atoms with Crippen molar-refractivity contribution in [2.24, 2.45) is 5.73 Å². The summed E-state index contributed by atoms with van der Waals surface area (Å²) in [5.74, 6) is 0. The monoisotopic (exact) mass is 204 g/mol. The van der Waals surface area contributed by atoms with Crippen LogP contribution in [0.15, 0.2) is 30.3 Å². The molecular formula is C13H20N2. The van der Waals surface area contributed by atoms with Crippen LogP contribution in [-0.2, 0) is 6.42 Å². The molecule has 0 radical (unpaired) electrons. The third-order valence-electron chi connectivity index (χ3n) is 3.02. The number of nitrogens with two attached hydrogens (primary N) is 1. The fraction of sp³-hybridized carbons (Fsp3) is 0.538. The normalized spacial score (nSPS) is 17.7. The van der Waals surface area contributed by atoms with Crippen molar-refractivity contribution in [3.05, 3.63) is 35.9 Å². The lowest BCUT2D eigenvalue weighted by Gasteiger charge is -2.36. The summed E-state index contributed by atoms with van der Waals surface area (Å²) in [6.45, 7) is 3.43. The Morgan fingerprint density at radius 1 is 1.13 bits per heavy atom. The summed E-state index contributed by atoms with van der Waals surface area (Å²) in [4.78, 5) is 2.44. The van der Waals surface area contributed by atoms with Crippen molar-refractivity contribution in [1.82, 2.24) is 4.90 Å². The van der Waals surface area contributed by atoms with Gasteiger partial charge >= 0.3 is 0 Å². The number of benzene rings is 1. The SMILES string of the molecule is NC1CN(CCCCc2ccccc2)C1. The van der Waals surface area contributed by atoms with Crippen LogP contribution in [0.4, 0.5) is 0 Å². The predicted molar refractivity (Wildman–Crippen MR) is 63.8 cm³/mol. The summed E-state index contributed by atoms with van der Waals surface area (Å²) >= 11 is 0. The molecule has 0 bridgehead atoms. The molecule has 2 rings (SSSR count). The van der Waals surface area contributed by atoms with Crippen LogP contribution in [0.2, 0.25) is 0 Å².